The highest BCUT2D eigenvalue weighted by molar-refractivity contribution is 7.89. The van der Waals surface area contributed by atoms with E-state index in [1.807, 2.05) is 0 Å². The van der Waals surface area contributed by atoms with Crippen LogP contribution >= 0.6 is 0 Å². The van der Waals surface area contributed by atoms with Gasteiger partial charge in [-0.2, -0.15) is 4.31 Å². The minimum absolute atomic E-state index is 0.0244. The van der Waals surface area contributed by atoms with E-state index in [-0.39, 0.29) is 17.2 Å². The maximum atomic E-state index is 13.0. The van der Waals surface area contributed by atoms with Crippen LogP contribution in [0.1, 0.15) is 70.6 Å². The maximum absolute atomic E-state index is 13.0. The Hall–Kier alpha value is -0.420. The second-order valence-corrected chi connectivity index (χ2v) is 9.11. The van der Waals surface area contributed by atoms with Crippen LogP contribution in [-0.4, -0.2) is 36.3 Å². The van der Waals surface area contributed by atoms with Gasteiger partial charge in [0.05, 0.1) is 5.25 Å². The van der Waals surface area contributed by atoms with Crippen molar-refractivity contribution in [2.24, 2.45) is 5.92 Å². The molecule has 2 atom stereocenters. The lowest BCUT2D eigenvalue weighted by atomic mass is 9.90. The summed E-state index contributed by atoms with van der Waals surface area (Å²) in [4.78, 5) is 12.1. The largest absolute Gasteiger partial charge is 0.299 e. The number of rotatable bonds is 3. The highest BCUT2D eigenvalue weighted by Crippen LogP contribution is 2.36. The summed E-state index contributed by atoms with van der Waals surface area (Å²) >= 11 is 0. The van der Waals surface area contributed by atoms with Gasteiger partial charge in [0.2, 0.25) is 10.0 Å². The molecule has 21 heavy (non-hydrogen) atoms. The van der Waals surface area contributed by atoms with Crippen LogP contribution in [0, 0.1) is 5.92 Å². The van der Waals surface area contributed by atoms with Crippen molar-refractivity contribution in [3.63, 3.8) is 0 Å². The summed E-state index contributed by atoms with van der Waals surface area (Å²) < 4.78 is 27.8. The van der Waals surface area contributed by atoms with E-state index in [2.05, 4.69) is 0 Å². The molecule has 0 radical (unpaired) electrons. The lowest BCUT2D eigenvalue weighted by Crippen LogP contribution is -2.51. The Balaban J connectivity index is 1.81. The van der Waals surface area contributed by atoms with Crippen molar-refractivity contribution in [3.05, 3.63) is 0 Å². The van der Waals surface area contributed by atoms with Crippen molar-refractivity contribution in [2.75, 3.05) is 6.54 Å². The van der Waals surface area contributed by atoms with Gasteiger partial charge in [0, 0.05) is 24.9 Å². The second kappa shape index (κ2) is 6.37. The van der Waals surface area contributed by atoms with Gasteiger partial charge in [0.1, 0.15) is 5.78 Å². The Labute approximate surface area is 128 Å². The van der Waals surface area contributed by atoms with Crippen LogP contribution in [0.15, 0.2) is 0 Å². The number of nitrogens with zero attached hydrogens (tertiary/aromatic N) is 1. The molecule has 1 saturated heterocycles. The number of ketones is 1. The second-order valence-electron chi connectivity index (χ2n) is 6.94. The first kappa shape index (κ1) is 15.5. The molecule has 3 rings (SSSR count). The summed E-state index contributed by atoms with van der Waals surface area (Å²) in [6.45, 7) is 0.632. The highest BCUT2D eigenvalue weighted by atomic mass is 32.2. The number of hydrogen-bond donors (Lipinski definition) is 0. The molecule has 2 unspecified atom stereocenters. The average Bonchev–Trinajstić information content (AvgIpc) is 2.94. The Morgan fingerprint density at radius 3 is 2.24 bits per heavy atom. The van der Waals surface area contributed by atoms with Gasteiger partial charge in [-0.15, -0.1) is 0 Å². The molecule has 120 valence electrons. The van der Waals surface area contributed by atoms with E-state index in [9.17, 15) is 13.2 Å². The zero-order chi connectivity index (χ0) is 14.9. The van der Waals surface area contributed by atoms with E-state index >= 15 is 0 Å². The van der Waals surface area contributed by atoms with E-state index in [4.69, 9.17) is 0 Å². The Bertz CT molecular complexity index is 482. The standard InChI is InChI=1S/C16H27NO3S/c18-16-11-6-9-14(16)15-10-4-5-12-17(15)21(19,20)13-7-2-1-3-8-13/h13-15H,1-12H2. The first-order valence-corrected chi connectivity index (χ1v) is 10.1. The molecular weight excluding hydrogens is 286 g/mol. The van der Waals surface area contributed by atoms with E-state index in [0.29, 0.717) is 18.7 Å². The Morgan fingerprint density at radius 1 is 0.857 bits per heavy atom. The van der Waals surface area contributed by atoms with Gasteiger partial charge in [0.15, 0.2) is 0 Å². The fourth-order valence-electron chi connectivity index (χ4n) is 4.45. The van der Waals surface area contributed by atoms with Gasteiger partial charge in [-0.25, -0.2) is 8.42 Å². The van der Waals surface area contributed by atoms with Gasteiger partial charge < -0.3 is 0 Å². The van der Waals surface area contributed by atoms with Crippen molar-refractivity contribution >= 4 is 15.8 Å². The van der Waals surface area contributed by atoms with Gasteiger partial charge in [-0.1, -0.05) is 25.7 Å². The van der Waals surface area contributed by atoms with Crippen molar-refractivity contribution in [1.82, 2.24) is 4.31 Å². The number of carbonyl (C=O) groups excluding carboxylic acids is 1. The molecule has 4 nitrogen and oxygen atoms in total. The number of piperidine rings is 1. The van der Waals surface area contributed by atoms with Crippen LogP contribution in [0.3, 0.4) is 0 Å². The smallest absolute Gasteiger partial charge is 0.217 e. The average molecular weight is 313 g/mol. The molecule has 0 aromatic rings. The SMILES string of the molecule is O=C1CCCC1C1CCCCN1S(=O)(=O)C1CCCCC1. The number of sulfonamides is 1. The molecule has 5 heteroatoms. The van der Waals surface area contributed by atoms with Crippen molar-refractivity contribution < 1.29 is 13.2 Å². The monoisotopic (exact) mass is 313 g/mol. The topological polar surface area (TPSA) is 54.5 Å². The summed E-state index contributed by atoms with van der Waals surface area (Å²) in [7, 11) is -3.21. The molecule has 0 aromatic heterocycles. The van der Waals surface area contributed by atoms with Gasteiger partial charge >= 0.3 is 0 Å². The molecular formula is C16H27NO3S. The van der Waals surface area contributed by atoms with Crippen molar-refractivity contribution in [1.29, 1.82) is 0 Å². The van der Waals surface area contributed by atoms with E-state index in [0.717, 1.165) is 64.2 Å². The summed E-state index contributed by atoms with van der Waals surface area (Å²) in [6.07, 6.45) is 10.2. The summed E-state index contributed by atoms with van der Waals surface area (Å²) in [5.74, 6) is 0.273. The first-order valence-electron chi connectivity index (χ1n) is 8.64. The predicted octanol–water partition coefficient (Wildman–Crippen LogP) is 2.87. The minimum Gasteiger partial charge on any atom is -0.299 e. The fraction of sp³-hybridized carbons (Fsp3) is 0.938. The van der Waals surface area contributed by atoms with E-state index < -0.39 is 10.0 Å². The Kier molecular flexibility index (Phi) is 4.69. The lowest BCUT2D eigenvalue weighted by Gasteiger charge is -2.40. The van der Waals surface area contributed by atoms with Crippen LogP contribution in [0.4, 0.5) is 0 Å². The Morgan fingerprint density at radius 2 is 1.57 bits per heavy atom. The first-order chi connectivity index (χ1) is 10.1. The highest BCUT2D eigenvalue weighted by Gasteiger charge is 2.44. The van der Waals surface area contributed by atoms with E-state index in [1.54, 1.807) is 4.31 Å². The summed E-state index contributed by atoms with van der Waals surface area (Å²) in [5, 5.41) is -0.191. The molecule has 1 aliphatic heterocycles. The molecule has 2 aliphatic carbocycles. The third kappa shape index (κ3) is 3.04. The maximum Gasteiger partial charge on any atom is 0.217 e. The quantitative estimate of drug-likeness (QED) is 0.805. The van der Waals surface area contributed by atoms with Crippen LogP contribution in [0.25, 0.3) is 0 Å². The van der Waals surface area contributed by atoms with Crippen LogP contribution in [0.5, 0.6) is 0 Å². The molecule has 0 bridgehead atoms. The molecule has 3 fully saturated rings. The third-order valence-corrected chi connectivity index (χ3v) is 8.04. The molecule has 0 N–H and O–H groups in total. The molecule has 0 spiro atoms. The molecule has 0 aromatic carbocycles. The van der Waals surface area contributed by atoms with E-state index in [1.165, 1.54) is 0 Å². The molecule has 3 aliphatic rings. The minimum atomic E-state index is -3.21. The fourth-order valence-corrected chi connectivity index (χ4v) is 6.78. The van der Waals surface area contributed by atoms with Crippen molar-refractivity contribution in [2.45, 2.75) is 81.9 Å². The predicted molar refractivity (Wildman–Crippen MR) is 82.5 cm³/mol. The van der Waals surface area contributed by atoms with Gasteiger partial charge in [0.25, 0.3) is 0 Å². The lowest BCUT2D eigenvalue weighted by molar-refractivity contribution is -0.122. The molecule has 2 saturated carbocycles. The zero-order valence-corrected chi connectivity index (χ0v) is 13.6. The van der Waals surface area contributed by atoms with Crippen LogP contribution in [0.2, 0.25) is 0 Å². The molecule has 0 amide bonds. The number of Topliss-reactive ketones (excluding diaryl/α,β-unsaturated/α-hetero) is 1. The van der Waals surface area contributed by atoms with Gasteiger partial charge in [-0.05, 0) is 38.5 Å². The number of carbonyl (C=O) groups is 1. The van der Waals surface area contributed by atoms with Crippen molar-refractivity contribution in [3.8, 4) is 0 Å². The summed E-state index contributed by atoms with van der Waals surface area (Å²) in [5.41, 5.74) is 0. The van der Waals surface area contributed by atoms with Crippen LogP contribution < -0.4 is 0 Å². The van der Waals surface area contributed by atoms with Crippen LogP contribution in [-0.2, 0) is 14.8 Å². The molecule has 1 heterocycles. The third-order valence-electron chi connectivity index (χ3n) is 5.61. The zero-order valence-electron chi connectivity index (χ0n) is 12.8. The summed E-state index contributed by atoms with van der Waals surface area (Å²) in [6, 6.07) is -0.0410. The number of hydrogen-bond acceptors (Lipinski definition) is 3. The normalized spacial score (nSPS) is 33.4. The van der Waals surface area contributed by atoms with Gasteiger partial charge in [-0.3, -0.25) is 4.79 Å².